The number of hydrogen-bond acceptors (Lipinski definition) is 3. The molecular formula is C8H9ClHgO2S. The number of ether oxygens (including phenoxy) is 1. The molecule has 0 radical (unpaired) electrons. The first-order valence-corrected chi connectivity index (χ1v) is 14.4. The first kappa shape index (κ1) is 11.5. The summed E-state index contributed by atoms with van der Waals surface area (Å²) in [6.45, 7) is 2.26. The maximum absolute atomic E-state index is 11.1. The fraction of sp³-hybridized carbons (Fsp3) is 0.375. The molecular weight excluding hydrogens is 396 g/mol. The summed E-state index contributed by atoms with van der Waals surface area (Å²) < 4.78 is 6.13. The number of carbonyl (C=O) groups is 1. The van der Waals surface area contributed by atoms with E-state index in [-0.39, 0.29) is 5.97 Å². The zero-order valence-electron chi connectivity index (χ0n) is 7.38. The van der Waals surface area contributed by atoms with Gasteiger partial charge in [0.05, 0.1) is 0 Å². The predicted molar refractivity (Wildman–Crippen MR) is 50.1 cm³/mol. The van der Waals surface area contributed by atoms with Crippen molar-refractivity contribution in [3.05, 3.63) is 17.0 Å². The molecule has 1 heterocycles. The Morgan fingerprint density at radius 2 is 2.54 bits per heavy atom. The molecule has 0 spiro atoms. The van der Waals surface area contributed by atoms with Crippen LogP contribution in [0.1, 0.15) is 12.5 Å². The van der Waals surface area contributed by atoms with Crippen molar-refractivity contribution in [3.63, 3.8) is 0 Å². The molecule has 0 bridgehead atoms. The van der Waals surface area contributed by atoms with Crippen LogP contribution < -0.4 is 2.39 Å². The van der Waals surface area contributed by atoms with E-state index in [1.165, 1.54) is 2.39 Å². The summed E-state index contributed by atoms with van der Waals surface area (Å²) in [5, 5.41) is 1.99. The van der Waals surface area contributed by atoms with Crippen molar-refractivity contribution in [2.45, 2.75) is 13.3 Å². The summed E-state index contributed by atoms with van der Waals surface area (Å²) in [6, 6.07) is 1.97. The van der Waals surface area contributed by atoms with Crippen LogP contribution in [0.5, 0.6) is 0 Å². The molecule has 2 nitrogen and oxygen atoms in total. The van der Waals surface area contributed by atoms with Crippen LogP contribution in [0, 0.1) is 0 Å². The molecule has 0 N–H and O–H groups in total. The van der Waals surface area contributed by atoms with Crippen molar-refractivity contribution in [2.75, 3.05) is 6.61 Å². The molecule has 0 atom stereocenters. The number of halogens is 1. The summed E-state index contributed by atoms with van der Waals surface area (Å²) in [5.41, 5.74) is 1.08. The summed E-state index contributed by atoms with van der Waals surface area (Å²) in [4.78, 5) is 11.1. The summed E-state index contributed by atoms with van der Waals surface area (Å²) >= 11 is 0.319. The molecule has 0 fully saturated rings. The molecule has 0 aliphatic heterocycles. The second-order valence-corrected chi connectivity index (χ2v) is 11.6. The van der Waals surface area contributed by atoms with Gasteiger partial charge in [-0.3, -0.25) is 0 Å². The Kier molecular flexibility index (Phi) is 5.28. The molecule has 0 aliphatic carbocycles. The predicted octanol–water partition coefficient (Wildman–Crippen LogP) is 1.72. The molecule has 1 aromatic rings. The van der Waals surface area contributed by atoms with Crippen LogP contribution in [0.2, 0.25) is 0 Å². The zero-order valence-corrected chi connectivity index (χ0v) is 14.4. The summed E-state index contributed by atoms with van der Waals surface area (Å²) in [7, 11) is 5.91. The van der Waals surface area contributed by atoms with Gasteiger partial charge in [0, 0.05) is 0 Å². The van der Waals surface area contributed by atoms with Crippen molar-refractivity contribution >= 4 is 27.9 Å². The molecule has 5 heteroatoms. The average molecular weight is 405 g/mol. The van der Waals surface area contributed by atoms with Gasteiger partial charge >= 0.3 is 97.8 Å². The van der Waals surface area contributed by atoms with Gasteiger partial charge in [-0.1, -0.05) is 0 Å². The van der Waals surface area contributed by atoms with Crippen LogP contribution in [0.3, 0.4) is 0 Å². The molecule has 1 rings (SSSR count). The van der Waals surface area contributed by atoms with Gasteiger partial charge in [0.25, 0.3) is 0 Å². The van der Waals surface area contributed by atoms with Crippen molar-refractivity contribution in [1.82, 2.24) is 0 Å². The normalized spacial score (nSPS) is 9.38. The van der Waals surface area contributed by atoms with E-state index in [0.717, 1.165) is 5.56 Å². The Balaban J connectivity index is 2.57. The number of esters is 1. The standard InChI is InChI=1S/C8H9O2S.ClH.Hg/c1-2-10-8(9)5-7-3-4-11-6-7;;/h3-4H,2,5H2,1H3;1H;/q;;+1/p-1. The van der Waals surface area contributed by atoms with E-state index in [0.29, 0.717) is 13.0 Å². The molecule has 0 amide bonds. The van der Waals surface area contributed by atoms with E-state index in [1.807, 2.05) is 18.4 Å². The Morgan fingerprint density at radius 1 is 1.77 bits per heavy atom. The fourth-order valence-corrected chi connectivity index (χ4v) is 8.39. The first-order chi connectivity index (χ1) is 6.27. The van der Waals surface area contributed by atoms with Crippen LogP contribution in [0.4, 0.5) is 0 Å². The van der Waals surface area contributed by atoms with E-state index < -0.39 is 23.3 Å². The number of thiophene rings is 1. The van der Waals surface area contributed by atoms with Crippen LogP contribution in [-0.2, 0) is 39.3 Å². The Labute approximate surface area is 97.1 Å². The second-order valence-electron chi connectivity index (χ2n) is 2.48. The van der Waals surface area contributed by atoms with Crippen molar-refractivity contribution in [3.8, 4) is 0 Å². The molecule has 0 unspecified atom stereocenters. The van der Waals surface area contributed by atoms with Crippen LogP contribution >= 0.6 is 19.6 Å². The molecule has 0 saturated heterocycles. The third kappa shape index (κ3) is 3.56. The van der Waals surface area contributed by atoms with E-state index in [1.54, 1.807) is 11.3 Å². The van der Waals surface area contributed by atoms with Crippen molar-refractivity contribution in [1.29, 1.82) is 0 Å². The summed E-state index contributed by atoms with van der Waals surface area (Å²) in [6.07, 6.45) is 0.388. The van der Waals surface area contributed by atoms with Gasteiger partial charge in [-0.15, -0.1) is 0 Å². The molecule has 13 heavy (non-hydrogen) atoms. The Bertz CT molecular complexity index is 287. The third-order valence-electron chi connectivity index (χ3n) is 1.60. The summed E-state index contributed by atoms with van der Waals surface area (Å²) in [5.74, 6) is -0.152. The number of carbonyl (C=O) groups excluding carboxylic acids is 1. The molecule has 0 aliphatic rings. The monoisotopic (exact) mass is 406 g/mol. The number of hydrogen-bond donors (Lipinski definition) is 0. The number of rotatable bonds is 4. The topological polar surface area (TPSA) is 26.3 Å². The van der Waals surface area contributed by atoms with E-state index in [4.69, 9.17) is 13.0 Å². The average Bonchev–Trinajstić information content (AvgIpc) is 2.52. The van der Waals surface area contributed by atoms with Gasteiger partial charge in [-0.25, -0.2) is 0 Å². The fourth-order valence-electron chi connectivity index (χ4n) is 1.01. The van der Waals surface area contributed by atoms with Gasteiger partial charge in [0.15, 0.2) is 0 Å². The third-order valence-corrected chi connectivity index (χ3v) is 12.1. The van der Waals surface area contributed by atoms with Gasteiger partial charge in [0.2, 0.25) is 0 Å². The Morgan fingerprint density at radius 3 is 3.15 bits per heavy atom. The van der Waals surface area contributed by atoms with Crippen LogP contribution in [-0.4, -0.2) is 12.6 Å². The minimum atomic E-state index is -1.35. The van der Waals surface area contributed by atoms with Gasteiger partial charge in [-0.2, -0.15) is 0 Å². The van der Waals surface area contributed by atoms with Gasteiger partial charge in [0.1, 0.15) is 0 Å². The molecule has 68 valence electrons. The maximum atomic E-state index is 11.1. The van der Waals surface area contributed by atoms with Crippen LogP contribution in [0.15, 0.2) is 11.4 Å². The quantitative estimate of drug-likeness (QED) is 0.564. The van der Waals surface area contributed by atoms with Crippen LogP contribution in [0.25, 0.3) is 0 Å². The second kappa shape index (κ2) is 5.99. The minimum absolute atomic E-state index is 0.152. The van der Waals surface area contributed by atoms with E-state index in [2.05, 4.69) is 0 Å². The van der Waals surface area contributed by atoms with Crippen molar-refractivity contribution in [2.24, 2.45) is 0 Å². The Hall–Kier alpha value is 0.395. The molecule has 0 saturated carbocycles. The van der Waals surface area contributed by atoms with E-state index >= 15 is 0 Å². The molecule has 0 aromatic carbocycles. The first-order valence-electron chi connectivity index (χ1n) is 4.04. The van der Waals surface area contributed by atoms with Crippen molar-refractivity contribution < 1.29 is 32.9 Å². The van der Waals surface area contributed by atoms with Gasteiger partial charge in [-0.05, 0) is 0 Å². The SMILES string of the molecule is CCOC(=O)Cc1ccs[c]1[Hg][Cl]. The zero-order chi connectivity index (χ0) is 9.68. The van der Waals surface area contributed by atoms with Gasteiger partial charge < -0.3 is 0 Å². The molecule has 1 aromatic heterocycles. The van der Waals surface area contributed by atoms with E-state index in [9.17, 15) is 4.79 Å².